The minimum Gasteiger partial charge on any atom is -0.482 e. The molecule has 0 aliphatic rings. The molecule has 1 N–H and O–H groups in total. The van der Waals surface area contributed by atoms with Gasteiger partial charge >= 0.3 is 12.1 Å². The highest BCUT2D eigenvalue weighted by atomic mass is 19.4. The summed E-state index contributed by atoms with van der Waals surface area (Å²) in [5, 5.41) is 12.7. The molecular formula is C22H23F3N2O6. The largest absolute Gasteiger partial charge is 0.482 e. The second kappa shape index (κ2) is 10.3. The van der Waals surface area contributed by atoms with E-state index >= 15 is 0 Å². The first-order chi connectivity index (χ1) is 15.3. The van der Waals surface area contributed by atoms with E-state index in [1.54, 1.807) is 12.1 Å². The Bertz CT molecular complexity index is 1050. The Morgan fingerprint density at radius 1 is 1.12 bits per heavy atom. The zero-order valence-corrected chi connectivity index (χ0v) is 18.4. The quantitative estimate of drug-likeness (QED) is 0.332. The van der Waals surface area contributed by atoms with Crippen molar-refractivity contribution in [2.24, 2.45) is 0 Å². The molecule has 0 radical (unpaired) electrons. The molecule has 0 bridgehead atoms. The number of nitrogens with one attached hydrogen (secondary N) is 1. The summed E-state index contributed by atoms with van der Waals surface area (Å²) in [5.41, 5.74) is -0.773. The summed E-state index contributed by atoms with van der Waals surface area (Å²) in [5.74, 6) is -1.20. The average Bonchev–Trinajstić information content (AvgIpc) is 2.71. The number of carbonyl (C=O) groups excluding carboxylic acids is 2. The summed E-state index contributed by atoms with van der Waals surface area (Å²) in [6, 6.07) is 7.22. The number of esters is 1. The van der Waals surface area contributed by atoms with E-state index in [4.69, 9.17) is 9.47 Å². The predicted octanol–water partition coefficient (Wildman–Crippen LogP) is 4.99. The molecule has 1 atom stereocenters. The molecule has 0 aliphatic carbocycles. The Morgan fingerprint density at radius 3 is 2.33 bits per heavy atom. The molecule has 0 saturated carbocycles. The van der Waals surface area contributed by atoms with Crippen molar-refractivity contribution in [2.45, 2.75) is 45.9 Å². The topological polar surface area (TPSA) is 108 Å². The van der Waals surface area contributed by atoms with Crippen molar-refractivity contribution in [3.63, 3.8) is 0 Å². The van der Waals surface area contributed by atoms with Crippen LogP contribution in [0.1, 0.15) is 43.4 Å². The highest BCUT2D eigenvalue weighted by Gasteiger charge is 2.36. The number of benzene rings is 2. The summed E-state index contributed by atoms with van der Waals surface area (Å²) in [7, 11) is 0. The summed E-state index contributed by atoms with van der Waals surface area (Å²) >= 11 is 0. The molecule has 2 aromatic rings. The monoisotopic (exact) mass is 468 g/mol. The van der Waals surface area contributed by atoms with E-state index in [1.807, 2.05) is 32.2 Å². The van der Waals surface area contributed by atoms with E-state index in [0.29, 0.717) is 17.7 Å². The number of hydrogen-bond acceptors (Lipinski definition) is 6. The summed E-state index contributed by atoms with van der Waals surface area (Å²) in [6.07, 6.45) is -6.39. The fourth-order valence-corrected chi connectivity index (χ4v) is 3.04. The van der Waals surface area contributed by atoms with Crippen LogP contribution in [0.2, 0.25) is 0 Å². The number of halogens is 3. The molecule has 2 rings (SSSR count). The van der Waals surface area contributed by atoms with Gasteiger partial charge in [-0.05, 0) is 49.1 Å². The minimum atomic E-state index is -4.95. The van der Waals surface area contributed by atoms with Gasteiger partial charge in [0.1, 0.15) is 5.75 Å². The molecular weight excluding hydrogens is 445 g/mol. The van der Waals surface area contributed by atoms with Crippen LogP contribution >= 0.6 is 0 Å². The molecule has 0 spiro atoms. The first kappa shape index (κ1) is 25.6. The number of ether oxygens (including phenoxy) is 2. The molecule has 11 heteroatoms. The Hall–Kier alpha value is -3.63. The summed E-state index contributed by atoms with van der Waals surface area (Å²) < 4.78 is 50.0. The summed E-state index contributed by atoms with van der Waals surface area (Å²) in [6.45, 7) is 6.65. The van der Waals surface area contributed by atoms with Crippen LogP contribution in [0.3, 0.4) is 0 Å². The van der Waals surface area contributed by atoms with Crippen LogP contribution in [0.25, 0.3) is 0 Å². The second-order valence-electron chi connectivity index (χ2n) is 7.57. The van der Waals surface area contributed by atoms with Crippen molar-refractivity contribution in [2.75, 3.05) is 11.9 Å². The lowest BCUT2D eigenvalue weighted by Crippen LogP contribution is -2.32. The number of nitro groups is 1. The van der Waals surface area contributed by atoms with E-state index in [2.05, 4.69) is 0 Å². The maximum atomic E-state index is 13.2. The number of aryl methyl sites for hydroxylation is 1. The fourth-order valence-electron chi connectivity index (χ4n) is 3.04. The van der Waals surface area contributed by atoms with Gasteiger partial charge in [-0.2, -0.15) is 13.2 Å². The normalized spacial score (nSPS) is 12.2. The van der Waals surface area contributed by atoms with Crippen LogP contribution in [0.15, 0.2) is 36.4 Å². The zero-order valence-electron chi connectivity index (χ0n) is 18.4. The molecule has 178 valence electrons. The van der Waals surface area contributed by atoms with Gasteiger partial charge in [0.15, 0.2) is 12.7 Å². The van der Waals surface area contributed by atoms with Gasteiger partial charge in [0.25, 0.3) is 11.6 Å². The number of nitro benzene ring substituents is 1. The van der Waals surface area contributed by atoms with Crippen molar-refractivity contribution in [3.05, 3.63) is 63.2 Å². The van der Waals surface area contributed by atoms with Crippen molar-refractivity contribution < 1.29 is 37.2 Å². The smallest absolute Gasteiger partial charge is 0.418 e. The molecule has 0 aromatic heterocycles. The predicted molar refractivity (Wildman–Crippen MR) is 113 cm³/mol. The standard InChI is InChI=1S/C22H23F3N2O6/c1-12(2)17-7-6-16(9-13(17)3)32-11-20(28)33-14(4)21(29)26-19-8-5-15(27(30)31)10-18(19)22(23,24)25/h5-10,12,14H,11H2,1-4H3,(H,26,29). The molecule has 0 fully saturated rings. The zero-order chi connectivity index (χ0) is 24.9. The molecule has 33 heavy (non-hydrogen) atoms. The average molecular weight is 468 g/mol. The van der Waals surface area contributed by atoms with Gasteiger partial charge in [0, 0.05) is 12.1 Å². The third-order valence-electron chi connectivity index (χ3n) is 4.67. The highest BCUT2D eigenvalue weighted by Crippen LogP contribution is 2.37. The lowest BCUT2D eigenvalue weighted by atomic mass is 9.98. The minimum absolute atomic E-state index is 0.312. The van der Waals surface area contributed by atoms with Crippen LogP contribution in [0.4, 0.5) is 24.5 Å². The van der Waals surface area contributed by atoms with Crippen molar-refractivity contribution in [3.8, 4) is 5.75 Å². The molecule has 1 unspecified atom stereocenters. The van der Waals surface area contributed by atoms with E-state index in [1.165, 1.54) is 6.92 Å². The maximum absolute atomic E-state index is 13.2. The van der Waals surface area contributed by atoms with Gasteiger partial charge in [-0.3, -0.25) is 14.9 Å². The number of rotatable bonds is 8. The van der Waals surface area contributed by atoms with Crippen molar-refractivity contribution in [1.82, 2.24) is 0 Å². The third-order valence-corrected chi connectivity index (χ3v) is 4.67. The summed E-state index contributed by atoms with van der Waals surface area (Å²) in [4.78, 5) is 34.0. The van der Waals surface area contributed by atoms with Crippen molar-refractivity contribution in [1.29, 1.82) is 0 Å². The van der Waals surface area contributed by atoms with Crippen LogP contribution in [-0.2, 0) is 20.5 Å². The van der Waals surface area contributed by atoms with Gasteiger partial charge in [-0.1, -0.05) is 19.9 Å². The van der Waals surface area contributed by atoms with Crippen LogP contribution in [-0.4, -0.2) is 29.5 Å². The van der Waals surface area contributed by atoms with E-state index in [-0.39, 0.29) is 0 Å². The van der Waals surface area contributed by atoms with Gasteiger partial charge in [-0.25, -0.2) is 4.79 Å². The van der Waals surface area contributed by atoms with Crippen LogP contribution in [0, 0.1) is 17.0 Å². The number of carbonyl (C=O) groups is 2. The fraction of sp³-hybridized carbons (Fsp3) is 0.364. The highest BCUT2D eigenvalue weighted by molar-refractivity contribution is 5.96. The van der Waals surface area contributed by atoms with Gasteiger partial charge < -0.3 is 14.8 Å². The number of nitrogens with zero attached hydrogens (tertiary/aromatic N) is 1. The molecule has 1 amide bonds. The molecule has 0 heterocycles. The Labute approximate surface area is 187 Å². The number of anilines is 1. The molecule has 0 saturated heterocycles. The maximum Gasteiger partial charge on any atom is 0.418 e. The SMILES string of the molecule is Cc1cc(OCC(=O)OC(C)C(=O)Nc2ccc([N+](=O)[O-])cc2C(F)(F)F)ccc1C(C)C. The number of non-ortho nitro benzene ring substituents is 1. The van der Waals surface area contributed by atoms with E-state index < -0.39 is 52.6 Å². The number of alkyl halides is 3. The van der Waals surface area contributed by atoms with Crippen LogP contribution < -0.4 is 10.1 Å². The Balaban J connectivity index is 2.00. The second-order valence-corrected chi connectivity index (χ2v) is 7.57. The lowest BCUT2D eigenvalue weighted by molar-refractivity contribution is -0.385. The number of amides is 1. The van der Waals surface area contributed by atoms with Crippen LogP contribution in [0.5, 0.6) is 5.75 Å². The van der Waals surface area contributed by atoms with Gasteiger partial charge in [-0.15, -0.1) is 0 Å². The van der Waals surface area contributed by atoms with Gasteiger partial charge in [0.2, 0.25) is 0 Å². The van der Waals surface area contributed by atoms with Gasteiger partial charge in [0.05, 0.1) is 16.2 Å². The van der Waals surface area contributed by atoms with Crippen molar-refractivity contribution >= 4 is 23.3 Å². The lowest BCUT2D eigenvalue weighted by Gasteiger charge is -2.17. The first-order valence-electron chi connectivity index (χ1n) is 9.89. The Morgan fingerprint density at radius 2 is 1.79 bits per heavy atom. The van der Waals surface area contributed by atoms with E-state index in [9.17, 15) is 32.9 Å². The first-order valence-corrected chi connectivity index (χ1v) is 9.89. The molecule has 0 aliphatic heterocycles. The van der Waals surface area contributed by atoms with E-state index in [0.717, 1.165) is 23.3 Å². The third kappa shape index (κ3) is 6.93. The number of hydrogen-bond donors (Lipinski definition) is 1. The molecule has 8 nitrogen and oxygen atoms in total. The Kier molecular flexibility index (Phi) is 8.02. The molecule has 2 aromatic carbocycles.